The predicted molar refractivity (Wildman–Crippen MR) is 66.4 cm³/mol. The summed E-state index contributed by atoms with van der Waals surface area (Å²) >= 11 is 0. The highest BCUT2D eigenvalue weighted by Gasteiger charge is 2.61. The maximum atomic E-state index is 11.9. The molecule has 0 spiro atoms. The summed E-state index contributed by atoms with van der Waals surface area (Å²) in [6.45, 7) is 7.11. The minimum Gasteiger partial charge on any atom is -0.342 e. The summed E-state index contributed by atoms with van der Waals surface area (Å²) in [6.07, 6.45) is 2.12. The van der Waals surface area contributed by atoms with E-state index in [0.717, 1.165) is 0 Å². The van der Waals surface area contributed by atoms with Crippen LogP contribution in [0.3, 0.4) is 0 Å². The molecule has 0 saturated carbocycles. The van der Waals surface area contributed by atoms with Gasteiger partial charge in [0.1, 0.15) is 18.3 Å². The van der Waals surface area contributed by atoms with Crippen molar-refractivity contribution in [1.82, 2.24) is 0 Å². The highest BCUT2D eigenvalue weighted by Crippen LogP contribution is 2.44. The molecule has 3 saturated heterocycles. The van der Waals surface area contributed by atoms with Crippen molar-refractivity contribution >= 4 is 5.78 Å². The van der Waals surface area contributed by atoms with Crippen LogP contribution in [0, 0.1) is 12.3 Å². The molecule has 5 atom stereocenters. The number of hydrogen-bond donors (Lipinski definition) is 0. The zero-order chi connectivity index (χ0) is 14.7. The maximum Gasteiger partial charge on any atom is 0.236 e. The lowest BCUT2D eigenvalue weighted by Crippen LogP contribution is -2.57. The van der Waals surface area contributed by atoms with Gasteiger partial charge < -0.3 is 23.7 Å². The Kier molecular flexibility index (Phi) is 2.98. The van der Waals surface area contributed by atoms with Crippen molar-refractivity contribution in [3.8, 4) is 12.3 Å². The average Bonchev–Trinajstić information content (AvgIpc) is 2.81. The van der Waals surface area contributed by atoms with Crippen LogP contribution in [0.25, 0.3) is 0 Å². The maximum absolute atomic E-state index is 11.9. The number of fused-ring (bicyclic) bond motifs is 3. The van der Waals surface area contributed by atoms with Crippen LogP contribution in [0.4, 0.5) is 0 Å². The number of Topliss-reactive ketones (excluding diaryl/α,β-unsaturated/α-hetero) is 1. The lowest BCUT2D eigenvalue weighted by molar-refractivity contribution is -0.228. The molecule has 3 fully saturated rings. The number of terminal acetylenes is 1. The van der Waals surface area contributed by atoms with Crippen molar-refractivity contribution < 1.29 is 28.5 Å². The lowest BCUT2D eigenvalue weighted by atomic mass is 9.96. The van der Waals surface area contributed by atoms with Gasteiger partial charge in [-0.2, -0.15) is 0 Å². The zero-order valence-electron chi connectivity index (χ0n) is 11.9. The van der Waals surface area contributed by atoms with E-state index in [0.29, 0.717) is 0 Å². The largest absolute Gasteiger partial charge is 0.342 e. The Morgan fingerprint density at radius 1 is 0.950 bits per heavy atom. The van der Waals surface area contributed by atoms with Crippen molar-refractivity contribution in [2.75, 3.05) is 0 Å². The molecule has 0 aromatic carbocycles. The molecule has 20 heavy (non-hydrogen) atoms. The van der Waals surface area contributed by atoms with Crippen molar-refractivity contribution in [1.29, 1.82) is 0 Å². The van der Waals surface area contributed by atoms with Crippen molar-refractivity contribution in [2.24, 2.45) is 0 Å². The molecule has 0 radical (unpaired) electrons. The smallest absolute Gasteiger partial charge is 0.236 e. The fourth-order valence-corrected chi connectivity index (χ4v) is 2.91. The summed E-state index contributed by atoms with van der Waals surface area (Å²) < 4.78 is 28.7. The van der Waals surface area contributed by atoms with Gasteiger partial charge in [-0.3, -0.25) is 4.79 Å². The topological polar surface area (TPSA) is 63.2 Å². The van der Waals surface area contributed by atoms with E-state index in [-0.39, 0.29) is 0 Å². The molecular formula is C14H18O6. The standard InChI is InChI=1S/C14H18O6/c1-6-7(15)8-9-10(18-13(2,3)17-9)11-12(16-8)20-14(4,5)19-11/h1,8-12H,2-5H3. The van der Waals surface area contributed by atoms with Crippen LogP contribution >= 0.6 is 0 Å². The van der Waals surface area contributed by atoms with E-state index >= 15 is 0 Å². The van der Waals surface area contributed by atoms with E-state index in [1.807, 2.05) is 0 Å². The molecule has 0 aromatic heterocycles. The second-order valence-corrected chi connectivity index (χ2v) is 6.10. The number of rotatable bonds is 1. The first-order valence-corrected chi connectivity index (χ1v) is 6.60. The van der Waals surface area contributed by atoms with Crippen LogP contribution in [0.1, 0.15) is 27.7 Å². The molecule has 6 nitrogen and oxygen atoms in total. The minimum atomic E-state index is -0.898. The normalized spacial score (nSPS) is 44.5. The van der Waals surface area contributed by atoms with Crippen LogP contribution < -0.4 is 0 Å². The fourth-order valence-electron chi connectivity index (χ4n) is 2.91. The van der Waals surface area contributed by atoms with Crippen LogP contribution in [0.15, 0.2) is 0 Å². The molecule has 3 rings (SSSR count). The summed E-state index contributed by atoms with van der Waals surface area (Å²) in [7, 11) is 0. The molecule has 110 valence electrons. The van der Waals surface area contributed by atoms with E-state index in [9.17, 15) is 4.79 Å². The second-order valence-electron chi connectivity index (χ2n) is 6.10. The molecular weight excluding hydrogens is 264 g/mol. The molecule has 5 unspecified atom stereocenters. The van der Waals surface area contributed by atoms with Crippen molar-refractivity contribution in [3.63, 3.8) is 0 Å². The quantitative estimate of drug-likeness (QED) is 0.518. The Morgan fingerprint density at radius 3 is 2.15 bits per heavy atom. The molecule has 6 heteroatoms. The molecule has 0 bridgehead atoms. The summed E-state index contributed by atoms with van der Waals surface area (Å²) in [5.74, 6) is -0.0234. The average molecular weight is 282 g/mol. The Balaban J connectivity index is 1.92. The van der Waals surface area contributed by atoms with Crippen molar-refractivity contribution in [3.05, 3.63) is 0 Å². The van der Waals surface area contributed by atoms with Gasteiger partial charge in [-0.05, 0) is 33.6 Å². The Morgan fingerprint density at radius 2 is 1.50 bits per heavy atom. The van der Waals surface area contributed by atoms with Gasteiger partial charge in [0.15, 0.2) is 24.0 Å². The lowest BCUT2D eigenvalue weighted by Gasteiger charge is -2.35. The van der Waals surface area contributed by atoms with Crippen molar-refractivity contribution in [2.45, 2.75) is 70.0 Å². The summed E-state index contributed by atoms with van der Waals surface area (Å²) in [4.78, 5) is 11.9. The van der Waals surface area contributed by atoms with Gasteiger partial charge in [0.2, 0.25) is 5.78 Å². The highest BCUT2D eigenvalue weighted by atomic mass is 16.9. The van der Waals surface area contributed by atoms with Gasteiger partial charge in [-0.25, -0.2) is 0 Å². The minimum absolute atomic E-state index is 0.446. The Labute approximate surface area is 117 Å². The molecule has 3 aliphatic heterocycles. The van der Waals surface area contributed by atoms with Crippen LogP contribution in [-0.4, -0.2) is 48.1 Å². The van der Waals surface area contributed by atoms with Gasteiger partial charge in [0.25, 0.3) is 0 Å². The van der Waals surface area contributed by atoms with E-state index in [2.05, 4.69) is 5.92 Å². The Hall–Kier alpha value is -0.970. The third-order valence-corrected chi connectivity index (χ3v) is 3.56. The molecule has 0 amide bonds. The van der Waals surface area contributed by atoms with Gasteiger partial charge in [-0.1, -0.05) is 0 Å². The Bertz CT molecular complexity index is 477. The van der Waals surface area contributed by atoms with E-state index < -0.39 is 48.1 Å². The molecule has 3 aliphatic rings. The number of carbonyl (C=O) groups is 1. The van der Waals surface area contributed by atoms with E-state index in [1.54, 1.807) is 27.7 Å². The SMILES string of the molecule is C#CC(=O)C1OC2OC(C)(C)OC2C2OC(C)(C)OC12. The number of ketones is 1. The third kappa shape index (κ3) is 2.16. The third-order valence-electron chi connectivity index (χ3n) is 3.56. The predicted octanol–water partition coefficient (Wildman–Crippen LogP) is 0.585. The van der Waals surface area contributed by atoms with Gasteiger partial charge in [0.05, 0.1) is 0 Å². The fraction of sp³-hybridized carbons (Fsp3) is 0.786. The first-order valence-electron chi connectivity index (χ1n) is 6.60. The molecule has 0 aromatic rings. The van der Waals surface area contributed by atoms with Crippen LogP contribution in [-0.2, 0) is 28.5 Å². The van der Waals surface area contributed by atoms with Gasteiger partial charge in [0, 0.05) is 0 Å². The molecule has 0 N–H and O–H groups in total. The monoisotopic (exact) mass is 282 g/mol. The number of hydrogen-bond acceptors (Lipinski definition) is 6. The summed E-state index contributed by atoms with van der Waals surface area (Å²) in [5, 5.41) is 0. The molecule has 3 heterocycles. The summed E-state index contributed by atoms with van der Waals surface area (Å²) in [5.41, 5.74) is 0. The van der Waals surface area contributed by atoms with Crippen LogP contribution in [0.5, 0.6) is 0 Å². The molecule has 0 aliphatic carbocycles. The highest BCUT2D eigenvalue weighted by molar-refractivity contribution is 5.99. The van der Waals surface area contributed by atoms with Crippen LogP contribution in [0.2, 0.25) is 0 Å². The number of ether oxygens (including phenoxy) is 5. The van der Waals surface area contributed by atoms with Gasteiger partial charge in [-0.15, -0.1) is 6.42 Å². The van der Waals surface area contributed by atoms with E-state index in [4.69, 9.17) is 30.1 Å². The van der Waals surface area contributed by atoms with E-state index in [1.165, 1.54) is 0 Å². The van der Waals surface area contributed by atoms with Gasteiger partial charge >= 0.3 is 0 Å². The zero-order valence-corrected chi connectivity index (χ0v) is 11.9. The first-order chi connectivity index (χ1) is 9.22. The summed E-state index contributed by atoms with van der Waals surface area (Å²) in [6, 6.07) is 0. The first kappa shape index (κ1) is 14.0. The second kappa shape index (κ2) is 4.26. The number of carbonyl (C=O) groups excluding carboxylic acids is 1.